The van der Waals surface area contributed by atoms with Gasteiger partial charge in [-0.1, -0.05) is 15.9 Å². The van der Waals surface area contributed by atoms with Crippen molar-refractivity contribution in [3.8, 4) is 5.75 Å². The maximum Gasteiger partial charge on any atom is 0.407 e. The number of nitrogens with two attached hydrogens (primary N) is 1. The van der Waals surface area contributed by atoms with Crippen LogP contribution in [0.3, 0.4) is 0 Å². The lowest BCUT2D eigenvalue weighted by atomic mass is 10.1. The second-order valence-corrected chi connectivity index (χ2v) is 5.44. The Hall–Kier alpha value is 0.500. The zero-order valence-corrected chi connectivity index (χ0v) is 13.4. The summed E-state index contributed by atoms with van der Waals surface area (Å²) in [7, 11) is 0. The van der Waals surface area contributed by atoms with E-state index < -0.39 is 12.2 Å². The first-order valence-corrected chi connectivity index (χ1v) is 6.22. The Morgan fingerprint density at radius 1 is 1.18 bits per heavy atom. The number of hydrogen-bond donors (Lipinski definition) is 2. The highest BCUT2D eigenvalue weighted by molar-refractivity contribution is 9.11. The minimum Gasteiger partial charge on any atom is -0.506 e. The van der Waals surface area contributed by atoms with Gasteiger partial charge in [-0.15, -0.1) is 12.4 Å². The Kier molecular flexibility index (Phi) is 6.28. The zero-order valence-electron chi connectivity index (χ0n) is 7.86. The fourth-order valence-electron chi connectivity index (χ4n) is 1.04. The van der Waals surface area contributed by atoms with Crippen molar-refractivity contribution in [2.45, 2.75) is 12.2 Å². The monoisotopic (exact) mass is 461 g/mol. The number of alkyl halides is 3. The number of aromatic hydroxyl groups is 1. The van der Waals surface area contributed by atoms with Crippen LogP contribution in [0.2, 0.25) is 0 Å². The van der Waals surface area contributed by atoms with E-state index in [0.717, 1.165) is 0 Å². The smallest absolute Gasteiger partial charge is 0.407 e. The second-order valence-electron chi connectivity index (χ2n) is 2.94. The van der Waals surface area contributed by atoms with E-state index in [1.54, 1.807) is 0 Å². The van der Waals surface area contributed by atoms with Crippen LogP contribution in [0.25, 0.3) is 0 Å². The van der Waals surface area contributed by atoms with Gasteiger partial charge in [-0.25, -0.2) is 0 Å². The summed E-state index contributed by atoms with van der Waals surface area (Å²) in [4.78, 5) is 0. The summed E-state index contributed by atoms with van der Waals surface area (Å²) in [5.74, 6) is -0.321. The lowest BCUT2D eigenvalue weighted by molar-refractivity contribution is -0.149. The fourth-order valence-corrected chi connectivity index (χ4v) is 3.66. The van der Waals surface area contributed by atoms with E-state index in [-0.39, 0.29) is 37.1 Å². The van der Waals surface area contributed by atoms with Crippen molar-refractivity contribution in [1.82, 2.24) is 0 Å². The number of rotatable bonds is 1. The molecule has 9 heteroatoms. The van der Waals surface area contributed by atoms with E-state index in [2.05, 4.69) is 47.8 Å². The lowest BCUT2D eigenvalue weighted by Gasteiger charge is -2.19. The molecule has 0 aromatic heterocycles. The van der Waals surface area contributed by atoms with Gasteiger partial charge in [0, 0.05) is 10.0 Å². The number of phenolic OH excluding ortho intramolecular Hbond substituents is 1. The van der Waals surface area contributed by atoms with Crippen molar-refractivity contribution < 1.29 is 18.3 Å². The molecule has 0 unspecified atom stereocenters. The summed E-state index contributed by atoms with van der Waals surface area (Å²) in [5.41, 5.74) is 4.84. The largest absolute Gasteiger partial charge is 0.506 e. The van der Waals surface area contributed by atoms with E-state index in [4.69, 9.17) is 5.73 Å². The first-order chi connectivity index (χ1) is 7.16. The third-order valence-electron chi connectivity index (χ3n) is 1.84. The molecule has 98 valence electrons. The minimum absolute atomic E-state index is 0. The zero-order chi connectivity index (χ0) is 12.7. The van der Waals surface area contributed by atoms with Crippen molar-refractivity contribution in [1.29, 1.82) is 0 Å². The molecule has 1 rings (SSSR count). The van der Waals surface area contributed by atoms with Crippen molar-refractivity contribution >= 4 is 60.2 Å². The molecule has 1 aromatic carbocycles. The third-order valence-corrected chi connectivity index (χ3v) is 3.91. The molecule has 0 bridgehead atoms. The topological polar surface area (TPSA) is 46.2 Å². The van der Waals surface area contributed by atoms with Gasteiger partial charge in [0.1, 0.15) is 11.8 Å². The predicted octanol–water partition coefficient (Wildman–Crippen LogP) is 4.66. The average Bonchev–Trinajstić information content (AvgIpc) is 2.13. The molecule has 1 atom stereocenters. The Bertz CT molecular complexity index is 427. The van der Waals surface area contributed by atoms with Gasteiger partial charge in [-0.3, -0.25) is 0 Å². The van der Waals surface area contributed by atoms with Crippen LogP contribution in [-0.2, 0) is 0 Å². The average molecular weight is 464 g/mol. The SMILES string of the molecule is Cl.N[C@@H](c1c(Br)cc(Br)c(O)c1Br)C(F)(F)F. The molecule has 1 aromatic rings. The Morgan fingerprint density at radius 3 is 2.06 bits per heavy atom. The van der Waals surface area contributed by atoms with Crippen LogP contribution in [0, 0.1) is 0 Å². The molecule has 3 N–H and O–H groups in total. The number of halogens is 7. The highest BCUT2D eigenvalue weighted by atomic mass is 79.9. The van der Waals surface area contributed by atoms with E-state index >= 15 is 0 Å². The summed E-state index contributed by atoms with van der Waals surface area (Å²) in [5, 5.41) is 9.49. The predicted molar refractivity (Wildman–Crippen MR) is 71.4 cm³/mol. The Balaban J connectivity index is 0.00000256. The van der Waals surface area contributed by atoms with Crippen LogP contribution < -0.4 is 5.73 Å². The summed E-state index contributed by atoms with van der Waals surface area (Å²) < 4.78 is 37.7. The molecule has 0 saturated heterocycles. The molecular weight excluding hydrogens is 458 g/mol. The standard InChI is InChI=1S/C8H5Br3F3NO.ClH/c9-2-1-3(10)6(16)5(11)4(2)7(15)8(12,13)14;/h1,7,16H,15H2;1H/t7-;/m0./s1. The van der Waals surface area contributed by atoms with Crippen molar-refractivity contribution in [3.63, 3.8) is 0 Å². The lowest BCUT2D eigenvalue weighted by Crippen LogP contribution is -2.29. The maximum absolute atomic E-state index is 12.5. The Morgan fingerprint density at radius 2 is 1.65 bits per heavy atom. The van der Waals surface area contributed by atoms with Gasteiger partial charge in [-0.05, 0) is 37.9 Å². The number of benzene rings is 1. The normalized spacial score (nSPS) is 13.1. The van der Waals surface area contributed by atoms with E-state index in [0.29, 0.717) is 0 Å². The van der Waals surface area contributed by atoms with Crippen molar-refractivity contribution in [2.75, 3.05) is 0 Å². The summed E-state index contributed by atoms with van der Waals surface area (Å²) >= 11 is 8.86. The molecule has 0 amide bonds. The van der Waals surface area contributed by atoms with Crippen LogP contribution in [0.15, 0.2) is 19.5 Å². The molecular formula is C8H6Br3ClF3NO. The summed E-state index contributed by atoms with van der Waals surface area (Å²) in [6.45, 7) is 0. The quantitative estimate of drug-likeness (QED) is 0.635. The van der Waals surface area contributed by atoms with Crippen LogP contribution in [0.1, 0.15) is 11.6 Å². The maximum atomic E-state index is 12.5. The van der Waals surface area contributed by atoms with Gasteiger partial charge >= 0.3 is 6.18 Å². The van der Waals surface area contributed by atoms with Gasteiger partial charge in [0.05, 0.1) is 8.95 Å². The highest BCUT2D eigenvalue weighted by Crippen LogP contribution is 2.45. The molecule has 0 aliphatic carbocycles. The molecule has 0 saturated carbocycles. The van der Waals surface area contributed by atoms with Crippen molar-refractivity contribution in [3.05, 3.63) is 25.0 Å². The molecule has 0 aliphatic rings. The van der Waals surface area contributed by atoms with Crippen molar-refractivity contribution in [2.24, 2.45) is 5.73 Å². The number of hydrogen-bond acceptors (Lipinski definition) is 2. The van der Waals surface area contributed by atoms with Gasteiger partial charge in [-0.2, -0.15) is 13.2 Å². The first-order valence-electron chi connectivity index (χ1n) is 3.85. The van der Waals surface area contributed by atoms with Gasteiger partial charge in [0.25, 0.3) is 0 Å². The minimum atomic E-state index is -4.58. The molecule has 0 radical (unpaired) electrons. The second kappa shape index (κ2) is 6.10. The van der Waals surface area contributed by atoms with Crippen LogP contribution >= 0.6 is 60.2 Å². The van der Waals surface area contributed by atoms with Gasteiger partial charge < -0.3 is 10.8 Å². The molecule has 0 heterocycles. The van der Waals surface area contributed by atoms with E-state index in [1.807, 2.05) is 0 Å². The summed E-state index contributed by atoms with van der Waals surface area (Å²) in [6, 6.07) is -0.864. The van der Waals surface area contributed by atoms with E-state index in [9.17, 15) is 18.3 Å². The van der Waals surface area contributed by atoms with Crippen LogP contribution in [0.4, 0.5) is 13.2 Å². The molecule has 2 nitrogen and oxygen atoms in total. The molecule has 0 aliphatic heterocycles. The molecule has 17 heavy (non-hydrogen) atoms. The van der Waals surface area contributed by atoms with Gasteiger partial charge in [0.2, 0.25) is 0 Å². The highest BCUT2D eigenvalue weighted by Gasteiger charge is 2.40. The fraction of sp³-hybridized carbons (Fsp3) is 0.250. The van der Waals surface area contributed by atoms with E-state index in [1.165, 1.54) is 6.07 Å². The Labute approximate surface area is 127 Å². The van der Waals surface area contributed by atoms with Crippen LogP contribution in [0.5, 0.6) is 5.75 Å². The summed E-state index contributed by atoms with van der Waals surface area (Å²) in [6.07, 6.45) is -4.58. The third kappa shape index (κ3) is 3.73. The number of phenols is 1. The molecule has 0 spiro atoms. The first kappa shape index (κ1) is 17.5. The van der Waals surface area contributed by atoms with Crippen LogP contribution in [-0.4, -0.2) is 11.3 Å². The molecule has 0 fully saturated rings. The van der Waals surface area contributed by atoms with Gasteiger partial charge in [0.15, 0.2) is 0 Å².